The third-order valence-electron chi connectivity index (χ3n) is 2.72. The number of nitrogens with two attached hydrogens (primary N) is 1. The van der Waals surface area contributed by atoms with Gasteiger partial charge in [0.2, 0.25) is 0 Å². The van der Waals surface area contributed by atoms with Crippen molar-refractivity contribution in [1.29, 1.82) is 0 Å². The molecular weight excluding hydrogens is 338 g/mol. The highest BCUT2D eigenvalue weighted by Gasteiger charge is 2.26. The summed E-state index contributed by atoms with van der Waals surface area (Å²) in [6.45, 7) is 2.25. The van der Waals surface area contributed by atoms with Crippen LogP contribution in [0.3, 0.4) is 0 Å². The summed E-state index contributed by atoms with van der Waals surface area (Å²) in [5.41, 5.74) is 6.10. The number of hydrogen-bond donors (Lipinski definition) is 2. The van der Waals surface area contributed by atoms with Crippen LogP contribution in [0.1, 0.15) is 12.0 Å². The summed E-state index contributed by atoms with van der Waals surface area (Å²) in [6.07, 6.45) is 0.123. The molecule has 0 saturated heterocycles. The average molecular weight is 356 g/mol. The summed E-state index contributed by atoms with van der Waals surface area (Å²) in [5.74, 6) is -0.0343. The molecule has 21 heavy (non-hydrogen) atoms. The molecule has 0 unspecified atom stereocenters. The molecule has 7 nitrogen and oxygen atoms in total. The van der Waals surface area contributed by atoms with Crippen molar-refractivity contribution in [2.75, 3.05) is 26.8 Å². The smallest absolute Gasteiger partial charge is 0.252 e. The van der Waals surface area contributed by atoms with Gasteiger partial charge in [0.25, 0.3) is 10.0 Å². The van der Waals surface area contributed by atoms with Crippen molar-refractivity contribution in [2.24, 2.45) is 10.9 Å². The molecule has 0 aliphatic rings. The predicted molar refractivity (Wildman–Crippen MR) is 82.7 cm³/mol. The fourth-order valence-corrected chi connectivity index (χ4v) is 4.81. The Hall–Kier alpha value is -0.870. The van der Waals surface area contributed by atoms with Gasteiger partial charge in [-0.15, -0.1) is 11.3 Å². The number of nitrogens with zero attached hydrogens (tertiary/aromatic N) is 2. The van der Waals surface area contributed by atoms with Crippen molar-refractivity contribution in [1.82, 2.24) is 4.31 Å². The Labute approximate surface area is 133 Å². The van der Waals surface area contributed by atoms with Gasteiger partial charge in [0.15, 0.2) is 0 Å². The molecule has 1 aromatic rings. The maximum Gasteiger partial charge on any atom is 0.252 e. The molecule has 0 aromatic carbocycles. The first-order valence-electron chi connectivity index (χ1n) is 6.04. The highest BCUT2D eigenvalue weighted by atomic mass is 35.5. The largest absolute Gasteiger partial charge is 0.409 e. The van der Waals surface area contributed by atoms with Crippen molar-refractivity contribution in [3.63, 3.8) is 0 Å². The quantitative estimate of drug-likeness (QED) is 0.318. The lowest BCUT2D eigenvalue weighted by Gasteiger charge is -2.20. The van der Waals surface area contributed by atoms with Crippen LogP contribution in [0.2, 0.25) is 4.34 Å². The molecule has 10 heteroatoms. The van der Waals surface area contributed by atoms with Gasteiger partial charge in [-0.1, -0.05) is 16.8 Å². The van der Waals surface area contributed by atoms with E-state index >= 15 is 0 Å². The number of oxime groups is 1. The number of methoxy groups -OCH3 is 1. The van der Waals surface area contributed by atoms with Crippen molar-refractivity contribution in [2.45, 2.75) is 17.6 Å². The van der Waals surface area contributed by atoms with Gasteiger partial charge in [-0.05, 0) is 18.6 Å². The molecule has 1 heterocycles. The van der Waals surface area contributed by atoms with E-state index in [-0.39, 0.29) is 36.2 Å². The van der Waals surface area contributed by atoms with E-state index < -0.39 is 10.0 Å². The third kappa shape index (κ3) is 4.82. The van der Waals surface area contributed by atoms with E-state index in [1.54, 1.807) is 6.92 Å². The minimum absolute atomic E-state index is 0.0343. The number of aryl methyl sites for hydroxylation is 1. The number of sulfonamides is 1. The normalized spacial score (nSPS) is 13.0. The Kier molecular flexibility index (Phi) is 6.88. The zero-order valence-electron chi connectivity index (χ0n) is 11.7. The Morgan fingerprint density at radius 2 is 2.24 bits per heavy atom. The molecule has 0 radical (unpaired) electrons. The first-order valence-corrected chi connectivity index (χ1v) is 8.67. The van der Waals surface area contributed by atoms with Gasteiger partial charge in [-0.2, -0.15) is 4.31 Å². The van der Waals surface area contributed by atoms with Crippen LogP contribution in [0.4, 0.5) is 0 Å². The first kappa shape index (κ1) is 18.2. The topological polar surface area (TPSA) is 105 Å². The molecule has 120 valence electrons. The molecule has 0 bridgehead atoms. The first-order chi connectivity index (χ1) is 9.82. The molecule has 0 saturated carbocycles. The fourth-order valence-electron chi connectivity index (χ4n) is 1.52. The minimum Gasteiger partial charge on any atom is -0.409 e. The van der Waals surface area contributed by atoms with Crippen LogP contribution in [0.5, 0.6) is 0 Å². The molecule has 0 aliphatic carbocycles. The molecule has 1 aromatic heterocycles. The van der Waals surface area contributed by atoms with Crippen LogP contribution < -0.4 is 5.73 Å². The van der Waals surface area contributed by atoms with Crippen LogP contribution in [-0.2, 0) is 14.8 Å². The molecule has 0 amide bonds. The summed E-state index contributed by atoms with van der Waals surface area (Å²) >= 11 is 6.94. The Morgan fingerprint density at radius 1 is 1.57 bits per heavy atom. The second kappa shape index (κ2) is 7.95. The standard InChI is InChI=1S/C11H18ClN3O4S2/c1-8-7-10(20-11(8)12)21(17,18)15(5-6-19-2)4-3-9(13)14-16/h7,16H,3-6H2,1-2H3,(H2,13,14). The van der Waals surface area contributed by atoms with Crippen molar-refractivity contribution >= 4 is 38.8 Å². The van der Waals surface area contributed by atoms with E-state index in [4.69, 9.17) is 27.3 Å². The zero-order valence-corrected chi connectivity index (χ0v) is 14.1. The van der Waals surface area contributed by atoms with Gasteiger partial charge in [-0.25, -0.2) is 8.42 Å². The molecule has 1 rings (SSSR count). The maximum absolute atomic E-state index is 12.6. The lowest BCUT2D eigenvalue weighted by atomic mass is 10.4. The molecule has 0 aliphatic heterocycles. The number of halogens is 1. The van der Waals surface area contributed by atoms with E-state index in [9.17, 15) is 8.42 Å². The van der Waals surface area contributed by atoms with Gasteiger partial charge < -0.3 is 15.7 Å². The van der Waals surface area contributed by atoms with Crippen molar-refractivity contribution < 1.29 is 18.4 Å². The number of ether oxygens (including phenoxy) is 1. The second-order valence-corrected chi connectivity index (χ2v) is 8.08. The Bertz CT molecular complexity index is 581. The molecule has 0 spiro atoms. The summed E-state index contributed by atoms with van der Waals surface area (Å²) in [7, 11) is -2.20. The van der Waals surface area contributed by atoms with Gasteiger partial charge in [-0.3, -0.25) is 0 Å². The SMILES string of the molecule is COCCN(CCC(N)=NO)S(=O)(=O)c1cc(C)c(Cl)s1. The van der Waals surface area contributed by atoms with E-state index in [1.807, 2.05) is 0 Å². The minimum atomic E-state index is -3.68. The fraction of sp³-hybridized carbons (Fsp3) is 0.545. The van der Waals surface area contributed by atoms with Gasteiger partial charge >= 0.3 is 0 Å². The lowest BCUT2D eigenvalue weighted by Crippen LogP contribution is -2.36. The predicted octanol–water partition coefficient (Wildman–Crippen LogP) is 1.48. The highest BCUT2D eigenvalue weighted by Crippen LogP contribution is 2.31. The summed E-state index contributed by atoms with van der Waals surface area (Å²) in [5, 5.41) is 11.4. The third-order valence-corrected chi connectivity index (χ3v) is 6.62. The number of rotatable bonds is 8. The number of thiophene rings is 1. The average Bonchev–Trinajstić information content (AvgIpc) is 2.78. The molecular formula is C11H18ClN3O4S2. The lowest BCUT2D eigenvalue weighted by molar-refractivity contribution is 0.179. The van der Waals surface area contributed by atoms with E-state index in [0.717, 1.165) is 11.3 Å². The van der Waals surface area contributed by atoms with Crippen LogP contribution in [0.15, 0.2) is 15.4 Å². The van der Waals surface area contributed by atoms with Gasteiger partial charge in [0.1, 0.15) is 10.0 Å². The van der Waals surface area contributed by atoms with E-state index in [2.05, 4.69) is 5.16 Å². The van der Waals surface area contributed by atoms with Crippen LogP contribution in [0.25, 0.3) is 0 Å². The second-order valence-electron chi connectivity index (χ2n) is 4.26. The van der Waals surface area contributed by atoms with Crippen LogP contribution >= 0.6 is 22.9 Å². The number of hydrogen-bond acceptors (Lipinski definition) is 6. The zero-order chi connectivity index (χ0) is 16.0. The highest BCUT2D eigenvalue weighted by molar-refractivity contribution is 7.91. The summed E-state index contributed by atoms with van der Waals surface area (Å²) < 4.78 is 31.9. The summed E-state index contributed by atoms with van der Waals surface area (Å²) in [6, 6.07) is 1.53. The molecule has 0 fully saturated rings. The van der Waals surface area contributed by atoms with Gasteiger partial charge in [0.05, 0.1) is 10.9 Å². The van der Waals surface area contributed by atoms with Crippen LogP contribution in [-0.4, -0.2) is 50.6 Å². The van der Waals surface area contributed by atoms with Crippen molar-refractivity contribution in [3.05, 3.63) is 16.0 Å². The van der Waals surface area contributed by atoms with E-state index in [0.29, 0.717) is 9.90 Å². The van der Waals surface area contributed by atoms with Crippen LogP contribution in [0, 0.1) is 6.92 Å². The van der Waals surface area contributed by atoms with Gasteiger partial charge in [0, 0.05) is 26.6 Å². The monoisotopic (exact) mass is 355 g/mol. The van der Waals surface area contributed by atoms with E-state index in [1.165, 1.54) is 17.5 Å². The number of amidine groups is 1. The molecule has 0 atom stereocenters. The maximum atomic E-state index is 12.6. The summed E-state index contributed by atoms with van der Waals surface area (Å²) in [4.78, 5) is 0. The molecule has 3 N–H and O–H groups in total. The Morgan fingerprint density at radius 3 is 2.71 bits per heavy atom. The van der Waals surface area contributed by atoms with Crippen molar-refractivity contribution in [3.8, 4) is 0 Å². The Balaban J connectivity index is 2.99.